The summed E-state index contributed by atoms with van der Waals surface area (Å²) >= 11 is 7.97. The lowest BCUT2D eigenvalue weighted by molar-refractivity contribution is 0.315. The topological polar surface area (TPSA) is 38.1 Å². The number of rotatable bonds is 4. The zero-order valence-electron chi connectivity index (χ0n) is 15.1. The van der Waals surface area contributed by atoms with E-state index in [0.29, 0.717) is 18.1 Å². The van der Waals surface area contributed by atoms with Crippen molar-refractivity contribution in [3.8, 4) is 0 Å². The number of thiophene rings is 1. The highest BCUT2D eigenvalue weighted by Crippen LogP contribution is 2.27. The molecule has 0 unspecified atom stereocenters. The number of aryl methyl sites for hydroxylation is 2. The molecule has 0 bridgehead atoms. The highest BCUT2D eigenvalue weighted by Gasteiger charge is 2.20. The van der Waals surface area contributed by atoms with Crippen LogP contribution in [0, 0.1) is 13.8 Å². The molecule has 4 nitrogen and oxygen atoms in total. The predicted octanol–water partition coefficient (Wildman–Crippen LogP) is 4.37. The van der Waals surface area contributed by atoms with E-state index < -0.39 is 0 Å². The van der Waals surface area contributed by atoms with Crippen LogP contribution in [0.5, 0.6) is 0 Å². The Kier molecular flexibility index (Phi) is 4.86. The van der Waals surface area contributed by atoms with Crippen molar-refractivity contribution in [2.45, 2.75) is 39.8 Å². The molecule has 1 aliphatic heterocycles. The Balaban J connectivity index is 1.86. The van der Waals surface area contributed by atoms with E-state index in [1.54, 1.807) is 11.3 Å². The minimum Gasteiger partial charge on any atom is -0.296 e. The fourth-order valence-corrected chi connectivity index (χ4v) is 4.82. The molecule has 0 radical (unpaired) electrons. The summed E-state index contributed by atoms with van der Waals surface area (Å²) in [6.07, 6.45) is 2.43. The van der Waals surface area contributed by atoms with Crippen LogP contribution in [0.4, 0.5) is 0 Å². The number of hydrogen-bond donors (Lipinski definition) is 0. The molecule has 1 saturated heterocycles. The Morgan fingerprint density at radius 1 is 1.15 bits per heavy atom. The lowest BCUT2D eigenvalue weighted by Gasteiger charge is -2.18. The molecule has 1 fully saturated rings. The Hall–Kier alpha value is -1.69. The molecule has 3 heterocycles. The Bertz CT molecular complexity index is 1020. The summed E-state index contributed by atoms with van der Waals surface area (Å²) < 4.78 is 1.82. The molecular weight excluding hydrogens is 366 g/mol. The lowest BCUT2D eigenvalue weighted by Crippen LogP contribution is -2.30. The van der Waals surface area contributed by atoms with E-state index in [9.17, 15) is 4.79 Å². The number of likely N-dealkylation sites (tertiary alicyclic amines) is 1. The predicted molar refractivity (Wildman–Crippen MR) is 108 cm³/mol. The maximum absolute atomic E-state index is 13.3. The summed E-state index contributed by atoms with van der Waals surface area (Å²) in [4.78, 5) is 22.6. The van der Waals surface area contributed by atoms with E-state index in [1.165, 1.54) is 12.8 Å². The van der Waals surface area contributed by atoms with E-state index in [2.05, 4.69) is 11.8 Å². The van der Waals surface area contributed by atoms with Gasteiger partial charge in [0.2, 0.25) is 0 Å². The maximum Gasteiger partial charge on any atom is 0.262 e. The van der Waals surface area contributed by atoms with Crippen molar-refractivity contribution in [1.82, 2.24) is 14.5 Å². The summed E-state index contributed by atoms with van der Waals surface area (Å²) in [5, 5.41) is 1.44. The van der Waals surface area contributed by atoms with Gasteiger partial charge in [-0.25, -0.2) is 4.98 Å². The van der Waals surface area contributed by atoms with Crippen LogP contribution < -0.4 is 5.56 Å². The van der Waals surface area contributed by atoms with Gasteiger partial charge in [-0.1, -0.05) is 29.8 Å². The Morgan fingerprint density at radius 2 is 1.88 bits per heavy atom. The summed E-state index contributed by atoms with van der Waals surface area (Å²) in [7, 11) is 0. The van der Waals surface area contributed by atoms with Gasteiger partial charge >= 0.3 is 0 Å². The summed E-state index contributed by atoms with van der Waals surface area (Å²) in [6, 6.07) is 7.71. The Labute approximate surface area is 162 Å². The van der Waals surface area contributed by atoms with Gasteiger partial charge in [0.25, 0.3) is 5.56 Å². The van der Waals surface area contributed by atoms with E-state index in [4.69, 9.17) is 16.6 Å². The number of hydrogen-bond acceptors (Lipinski definition) is 4. The summed E-state index contributed by atoms with van der Waals surface area (Å²) in [5.74, 6) is 0.838. The molecule has 1 aliphatic rings. The number of benzene rings is 1. The molecule has 0 spiro atoms. The second-order valence-electron chi connectivity index (χ2n) is 6.96. The van der Waals surface area contributed by atoms with Crippen LogP contribution in [-0.2, 0) is 13.1 Å². The minimum atomic E-state index is 0.0472. The van der Waals surface area contributed by atoms with Gasteiger partial charge in [0.1, 0.15) is 10.7 Å². The van der Waals surface area contributed by atoms with Crippen molar-refractivity contribution in [1.29, 1.82) is 0 Å². The average Bonchev–Trinajstić information content (AvgIpc) is 3.21. The van der Waals surface area contributed by atoms with Crippen LogP contribution in [0.1, 0.15) is 34.7 Å². The first-order valence-electron chi connectivity index (χ1n) is 9.00. The third kappa shape index (κ3) is 3.20. The van der Waals surface area contributed by atoms with Gasteiger partial charge in [0, 0.05) is 9.90 Å². The molecule has 0 amide bonds. The van der Waals surface area contributed by atoms with Crippen molar-refractivity contribution >= 4 is 33.2 Å². The Morgan fingerprint density at radius 3 is 2.62 bits per heavy atom. The minimum absolute atomic E-state index is 0.0472. The van der Waals surface area contributed by atoms with Crippen LogP contribution in [0.15, 0.2) is 29.1 Å². The van der Waals surface area contributed by atoms with Gasteiger partial charge in [-0.05, 0) is 57.0 Å². The monoisotopic (exact) mass is 387 g/mol. The summed E-state index contributed by atoms with van der Waals surface area (Å²) in [5.41, 5.74) is 2.04. The van der Waals surface area contributed by atoms with E-state index >= 15 is 0 Å². The quantitative estimate of drug-likeness (QED) is 0.667. The van der Waals surface area contributed by atoms with Crippen LogP contribution in [0.3, 0.4) is 0 Å². The van der Waals surface area contributed by atoms with Crippen LogP contribution in [-0.4, -0.2) is 27.5 Å². The molecule has 136 valence electrons. The zero-order valence-corrected chi connectivity index (χ0v) is 16.7. The smallest absolute Gasteiger partial charge is 0.262 e. The van der Waals surface area contributed by atoms with Gasteiger partial charge in [-0.3, -0.25) is 14.3 Å². The molecular formula is C20H22ClN3OS. The van der Waals surface area contributed by atoms with Crippen molar-refractivity contribution in [2.75, 3.05) is 13.1 Å². The van der Waals surface area contributed by atoms with Crippen molar-refractivity contribution in [3.05, 3.63) is 61.5 Å². The lowest BCUT2D eigenvalue weighted by atomic mass is 10.2. The SMILES string of the molecule is Cc1sc2nc(CN3CCCC3)n(Cc3ccccc3Cl)c(=O)c2c1C. The molecule has 0 N–H and O–H groups in total. The third-order valence-corrected chi connectivity index (χ3v) is 6.69. The van der Waals surface area contributed by atoms with Crippen molar-refractivity contribution in [2.24, 2.45) is 0 Å². The van der Waals surface area contributed by atoms with E-state index in [1.807, 2.05) is 35.8 Å². The molecule has 3 aromatic rings. The zero-order chi connectivity index (χ0) is 18.3. The van der Waals surface area contributed by atoms with Gasteiger partial charge in [0.15, 0.2) is 0 Å². The van der Waals surface area contributed by atoms with Crippen LogP contribution in [0.25, 0.3) is 10.2 Å². The highest BCUT2D eigenvalue weighted by molar-refractivity contribution is 7.18. The van der Waals surface area contributed by atoms with Crippen LogP contribution in [0.2, 0.25) is 5.02 Å². The molecule has 0 aliphatic carbocycles. The average molecular weight is 388 g/mol. The first-order valence-corrected chi connectivity index (χ1v) is 10.2. The number of halogens is 1. The molecule has 0 saturated carbocycles. The first-order chi connectivity index (χ1) is 12.5. The van der Waals surface area contributed by atoms with Crippen molar-refractivity contribution < 1.29 is 0 Å². The molecule has 26 heavy (non-hydrogen) atoms. The second kappa shape index (κ2) is 7.14. The van der Waals surface area contributed by atoms with E-state index in [-0.39, 0.29) is 5.56 Å². The highest BCUT2D eigenvalue weighted by atomic mass is 35.5. The summed E-state index contributed by atoms with van der Waals surface area (Å²) in [6.45, 7) is 7.38. The van der Waals surface area contributed by atoms with E-state index in [0.717, 1.165) is 45.1 Å². The van der Waals surface area contributed by atoms with Gasteiger partial charge < -0.3 is 0 Å². The maximum atomic E-state index is 13.3. The molecule has 0 atom stereocenters. The van der Waals surface area contributed by atoms with Gasteiger partial charge in [0.05, 0.1) is 18.5 Å². The van der Waals surface area contributed by atoms with Gasteiger partial charge in [-0.2, -0.15) is 0 Å². The fraction of sp³-hybridized carbons (Fsp3) is 0.400. The molecule has 6 heteroatoms. The number of nitrogens with zero attached hydrogens (tertiary/aromatic N) is 3. The first kappa shape index (κ1) is 17.7. The van der Waals surface area contributed by atoms with Gasteiger partial charge in [-0.15, -0.1) is 11.3 Å². The van der Waals surface area contributed by atoms with Crippen LogP contribution >= 0.6 is 22.9 Å². The normalized spacial score (nSPS) is 15.2. The van der Waals surface area contributed by atoms with Crippen molar-refractivity contribution in [3.63, 3.8) is 0 Å². The second-order valence-corrected chi connectivity index (χ2v) is 8.57. The third-order valence-electron chi connectivity index (χ3n) is 5.22. The number of aromatic nitrogens is 2. The fourth-order valence-electron chi connectivity index (χ4n) is 3.59. The molecule has 1 aromatic carbocycles. The molecule has 4 rings (SSSR count). The largest absolute Gasteiger partial charge is 0.296 e. The molecule has 2 aromatic heterocycles. The number of fused-ring (bicyclic) bond motifs is 1. The standard InChI is InChI=1S/C20H22ClN3OS/c1-13-14(2)26-19-18(13)20(25)24(11-15-7-3-4-8-16(15)21)17(22-19)12-23-9-5-6-10-23/h3-4,7-8H,5-6,9-12H2,1-2H3.